The van der Waals surface area contributed by atoms with Crippen molar-refractivity contribution in [1.82, 2.24) is 5.32 Å². The van der Waals surface area contributed by atoms with E-state index >= 15 is 0 Å². The molecule has 3 nitrogen and oxygen atoms in total. The molecule has 0 bridgehead atoms. The molecule has 0 spiro atoms. The number of aliphatic hydroxyl groups excluding tert-OH is 1. The Balaban J connectivity index is 2.00. The fourth-order valence-electron chi connectivity index (χ4n) is 3.92. The van der Waals surface area contributed by atoms with Gasteiger partial charge in [0.2, 0.25) is 0 Å². The highest BCUT2D eigenvalue weighted by Crippen LogP contribution is 2.37. The summed E-state index contributed by atoms with van der Waals surface area (Å²) >= 11 is 0. The summed E-state index contributed by atoms with van der Waals surface area (Å²) in [6.45, 7) is 5.77. The molecule has 2 fully saturated rings. The number of nitrogens with two attached hydrogens (primary N) is 1. The zero-order valence-corrected chi connectivity index (χ0v) is 12.0. The highest BCUT2D eigenvalue weighted by Gasteiger charge is 2.40. The van der Waals surface area contributed by atoms with Crippen molar-refractivity contribution < 1.29 is 5.11 Å². The average Bonchev–Trinajstić information content (AvgIpc) is 2.81. The van der Waals surface area contributed by atoms with Crippen LogP contribution in [0.1, 0.15) is 52.4 Å². The standard InChI is InChI=1S/C15H30N2O/c1-11-6-7-15(10-16,8-12(11)2)17-14-5-3-4-13(14)9-18/h11-14,17-18H,3-10,16H2,1-2H3. The van der Waals surface area contributed by atoms with E-state index in [4.69, 9.17) is 5.73 Å². The summed E-state index contributed by atoms with van der Waals surface area (Å²) in [5.41, 5.74) is 6.22. The van der Waals surface area contributed by atoms with Crippen LogP contribution in [0.4, 0.5) is 0 Å². The van der Waals surface area contributed by atoms with Crippen molar-refractivity contribution in [3.8, 4) is 0 Å². The third-order valence-electron chi connectivity index (χ3n) is 5.54. The first-order valence-corrected chi connectivity index (χ1v) is 7.69. The van der Waals surface area contributed by atoms with Gasteiger partial charge in [-0.3, -0.25) is 0 Å². The Morgan fingerprint density at radius 3 is 2.61 bits per heavy atom. The van der Waals surface area contributed by atoms with Crippen molar-refractivity contribution >= 4 is 0 Å². The van der Waals surface area contributed by atoms with Crippen molar-refractivity contribution in [2.45, 2.75) is 64.0 Å². The quantitative estimate of drug-likeness (QED) is 0.718. The van der Waals surface area contributed by atoms with E-state index in [2.05, 4.69) is 19.2 Å². The van der Waals surface area contributed by atoms with Crippen LogP contribution in [-0.2, 0) is 0 Å². The summed E-state index contributed by atoms with van der Waals surface area (Å²) in [5, 5.41) is 13.3. The van der Waals surface area contributed by atoms with Crippen molar-refractivity contribution in [3.05, 3.63) is 0 Å². The second-order valence-corrected chi connectivity index (χ2v) is 6.81. The molecule has 18 heavy (non-hydrogen) atoms. The molecule has 0 radical (unpaired) electrons. The Labute approximate surface area is 112 Å². The second kappa shape index (κ2) is 5.89. The number of nitrogens with one attached hydrogen (secondary N) is 1. The minimum absolute atomic E-state index is 0.133. The van der Waals surface area contributed by atoms with Gasteiger partial charge in [-0.2, -0.15) is 0 Å². The minimum atomic E-state index is 0.133. The lowest BCUT2D eigenvalue weighted by atomic mass is 9.70. The van der Waals surface area contributed by atoms with Gasteiger partial charge in [-0.15, -0.1) is 0 Å². The Morgan fingerprint density at radius 1 is 1.22 bits per heavy atom. The summed E-state index contributed by atoms with van der Waals surface area (Å²) in [4.78, 5) is 0. The molecular weight excluding hydrogens is 224 g/mol. The van der Waals surface area contributed by atoms with Crippen LogP contribution in [0.15, 0.2) is 0 Å². The molecule has 5 atom stereocenters. The van der Waals surface area contributed by atoms with Crippen molar-refractivity contribution in [2.24, 2.45) is 23.5 Å². The van der Waals surface area contributed by atoms with E-state index in [9.17, 15) is 5.11 Å². The van der Waals surface area contributed by atoms with Gasteiger partial charge in [0.1, 0.15) is 0 Å². The average molecular weight is 254 g/mol. The molecule has 3 heteroatoms. The maximum absolute atomic E-state index is 9.45. The third kappa shape index (κ3) is 2.89. The molecule has 4 N–H and O–H groups in total. The zero-order valence-electron chi connectivity index (χ0n) is 12.0. The zero-order chi connectivity index (χ0) is 13.2. The van der Waals surface area contributed by atoms with E-state index in [1.54, 1.807) is 0 Å². The molecule has 2 aliphatic rings. The second-order valence-electron chi connectivity index (χ2n) is 6.81. The summed E-state index contributed by atoms with van der Waals surface area (Å²) in [6.07, 6.45) is 7.29. The van der Waals surface area contributed by atoms with Gasteiger partial charge in [0.25, 0.3) is 0 Å². The van der Waals surface area contributed by atoms with E-state index in [0.717, 1.165) is 18.4 Å². The van der Waals surface area contributed by atoms with E-state index in [1.165, 1.54) is 38.5 Å². The third-order valence-corrected chi connectivity index (χ3v) is 5.54. The minimum Gasteiger partial charge on any atom is -0.396 e. The molecular formula is C15H30N2O. The van der Waals surface area contributed by atoms with Gasteiger partial charge >= 0.3 is 0 Å². The van der Waals surface area contributed by atoms with Crippen LogP contribution in [0, 0.1) is 17.8 Å². The smallest absolute Gasteiger partial charge is 0.0474 e. The maximum Gasteiger partial charge on any atom is 0.0474 e. The van der Waals surface area contributed by atoms with Crippen LogP contribution in [0.5, 0.6) is 0 Å². The SMILES string of the molecule is CC1CCC(CN)(NC2CCCC2CO)CC1C. The predicted octanol–water partition coefficient (Wildman–Crippen LogP) is 1.89. The highest BCUT2D eigenvalue weighted by molar-refractivity contribution is 4.99. The van der Waals surface area contributed by atoms with E-state index in [-0.39, 0.29) is 5.54 Å². The van der Waals surface area contributed by atoms with Gasteiger partial charge in [-0.1, -0.05) is 20.3 Å². The first-order chi connectivity index (χ1) is 8.60. The molecule has 2 aliphatic carbocycles. The van der Waals surface area contributed by atoms with Gasteiger partial charge in [0.05, 0.1) is 0 Å². The first-order valence-electron chi connectivity index (χ1n) is 7.69. The molecule has 106 valence electrons. The predicted molar refractivity (Wildman–Crippen MR) is 75.3 cm³/mol. The van der Waals surface area contributed by atoms with Crippen molar-refractivity contribution in [3.63, 3.8) is 0 Å². The molecule has 0 amide bonds. The topological polar surface area (TPSA) is 58.3 Å². The van der Waals surface area contributed by atoms with Crippen LogP contribution in [0.25, 0.3) is 0 Å². The molecule has 0 heterocycles. The lowest BCUT2D eigenvalue weighted by Crippen LogP contribution is -2.59. The van der Waals surface area contributed by atoms with Gasteiger partial charge in [0, 0.05) is 24.7 Å². The van der Waals surface area contributed by atoms with Gasteiger partial charge < -0.3 is 16.2 Å². The van der Waals surface area contributed by atoms with Crippen LogP contribution < -0.4 is 11.1 Å². The molecule has 0 aromatic rings. The molecule has 0 aromatic carbocycles. The normalized spacial score (nSPS) is 45.3. The summed E-state index contributed by atoms with van der Waals surface area (Å²) in [5.74, 6) is 2.02. The van der Waals surface area contributed by atoms with E-state index in [1.807, 2.05) is 0 Å². The van der Waals surface area contributed by atoms with Crippen LogP contribution in [0.2, 0.25) is 0 Å². The maximum atomic E-state index is 9.45. The molecule has 0 aliphatic heterocycles. The monoisotopic (exact) mass is 254 g/mol. The van der Waals surface area contributed by atoms with Gasteiger partial charge in [-0.05, 0) is 49.9 Å². The molecule has 5 unspecified atom stereocenters. The molecule has 0 saturated heterocycles. The molecule has 2 rings (SSSR count). The number of aliphatic hydroxyl groups is 1. The van der Waals surface area contributed by atoms with E-state index in [0.29, 0.717) is 18.6 Å². The van der Waals surface area contributed by atoms with Crippen molar-refractivity contribution in [2.75, 3.05) is 13.2 Å². The summed E-state index contributed by atoms with van der Waals surface area (Å²) in [7, 11) is 0. The lowest BCUT2D eigenvalue weighted by Gasteiger charge is -2.45. The van der Waals surface area contributed by atoms with Gasteiger partial charge in [0.15, 0.2) is 0 Å². The number of rotatable bonds is 4. The van der Waals surface area contributed by atoms with Gasteiger partial charge in [-0.25, -0.2) is 0 Å². The summed E-state index contributed by atoms with van der Waals surface area (Å²) < 4.78 is 0. The first kappa shape index (κ1) is 14.3. The Morgan fingerprint density at radius 2 is 2.00 bits per heavy atom. The largest absolute Gasteiger partial charge is 0.396 e. The Hall–Kier alpha value is -0.120. The highest BCUT2D eigenvalue weighted by atomic mass is 16.3. The van der Waals surface area contributed by atoms with Crippen molar-refractivity contribution in [1.29, 1.82) is 0 Å². The lowest BCUT2D eigenvalue weighted by molar-refractivity contribution is 0.113. The van der Waals surface area contributed by atoms with Crippen LogP contribution in [-0.4, -0.2) is 29.8 Å². The molecule has 2 saturated carbocycles. The Bertz CT molecular complexity index is 271. The fourth-order valence-corrected chi connectivity index (χ4v) is 3.92. The number of hydrogen-bond donors (Lipinski definition) is 3. The van der Waals surface area contributed by atoms with Crippen LogP contribution in [0.3, 0.4) is 0 Å². The number of hydrogen-bond acceptors (Lipinski definition) is 3. The summed E-state index contributed by atoms with van der Waals surface area (Å²) in [6, 6.07) is 0.485. The molecule has 0 aromatic heterocycles. The Kier molecular flexibility index (Phi) is 4.68. The van der Waals surface area contributed by atoms with E-state index < -0.39 is 0 Å². The fraction of sp³-hybridized carbons (Fsp3) is 1.00. The van der Waals surface area contributed by atoms with Crippen LogP contribution >= 0.6 is 0 Å².